The number of benzene rings is 1. The van der Waals surface area contributed by atoms with Crippen LogP contribution in [0.15, 0.2) is 48.0 Å². The Morgan fingerprint density at radius 3 is 2.86 bits per heavy atom. The van der Waals surface area contributed by atoms with E-state index in [2.05, 4.69) is 15.3 Å². The second kappa shape index (κ2) is 6.21. The number of carbonyl (C=O) groups excluding carboxylic acids is 1. The molecule has 0 bridgehead atoms. The lowest BCUT2D eigenvalue weighted by Crippen LogP contribution is -2.13. The van der Waals surface area contributed by atoms with Gasteiger partial charge < -0.3 is 0 Å². The second-order valence-corrected chi connectivity index (χ2v) is 5.60. The highest BCUT2D eigenvalue weighted by molar-refractivity contribution is 7.14. The third-order valence-electron chi connectivity index (χ3n) is 2.83. The van der Waals surface area contributed by atoms with Crippen molar-refractivity contribution < 1.29 is 9.18 Å². The molecule has 0 spiro atoms. The number of amides is 1. The van der Waals surface area contributed by atoms with Crippen LogP contribution in [0.4, 0.5) is 9.52 Å². The van der Waals surface area contributed by atoms with Crippen molar-refractivity contribution in [3.05, 3.63) is 64.5 Å². The molecule has 3 aromatic rings. The third-order valence-corrected chi connectivity index (χ3v) is 3.90. The molecule has 0 atom stereocenters. The van der Waals surface area contributed by atoms with Crippen LogP contribution in [0.1, 0.15) is 10.5 Å². The van der Waals surface area contributed by atoms with Crippen LogP contribution in [0.2, 0.25) is 5.02 Å². The van der Waals surface area contributed by atoms with Crippen molar-refractivity contribution in [1.82, 2.24) is 9.97 Å². The molecule has 1 aromatic carbocycles. The van der Waals surface area contributed by atoms with Gasteiger partial charge in [0.05, 0.1) is 10.7 Å². The number of hydrogen-bond donors (Lipinski definition) is 1. The molecule has 2 heterocycles. The van der Waals surface area contributed by atoms with Gasteiger partial charge in [-0.15, -0.1) is 11.3 Å². The van der Waals surface area contributed by atoms with E-state index in [0.717, 1.165) is 0 Å². The van der Waals surface area contributed by atoms with Crippen LogP contribution in [0.5, 0.6) is 0 Å². The second-order valence-electron chi connectivity index (χ2n) is 4.33. The largest absolute Gasteiger partial charge is 0.296 e. The fourth-order valence-corrected chi connectivity index (χ4v) is 2.78. The summed E-state index contributed by atoms with van der Waals surface area (Å²) < 4.78 is 13.1. The molecule has 0 saturated carbocycles. The lowest BCUT2D eigenvalue weighted by atomic mass is 10.2. The summed E-state index contributed by atoms with van der Waals surface area (Å²) in [6, 6.07) is 9.16. The zero-order chi connectivity index (χ0) is 15.5. The van der Waals surface area contributed by atoms with E-state index in [4.69, 9.17) is 11.6 Å². The molecule has 1 N–H and O–H groups in total. The molecule has 110 valence electrons. The van der Waals surface area contributed by atoms with Gasteiger partial charge in [-0.05, 0) is 30.3 Å². The van der Waals surface area contributed by atoms with Crippen LogP contribution >= 0.6 is 22.9 Å². The van der Waals surface area contributed by atoms with Crippen LogP contribution in [-0.2, 0) is 0 Å². The first-order valence-electron chi connectivity index (χ1n) is 6.27. The van der Waals surface area contributed by atoms with Crippen LogP contribution in [-0.4, -0.2) is 15.9 Å². The summed E-state index contributed by atoms with van der Waals surface area (Å²) in [7, 11) is 0. The number of thiazole rings is 1. The molecule has 0 fully saturated rings. The highest BCUT2D eigenvalue weighted by atomic mass is 35.5. The summed E-state index contributed by atoms with van der Waals surface area (Å²) in [6.45, 7) is 0. The van der Waals surface area contributed by atoms with E-state index in [-0.39, 0.29) is 10.9 Å². The molecule has 0 unspecified atom stereocenters. The topological polar surface area (TPSA) is 54.9 Å². The lowest BCUT2D eigenvalue weighted by molar-refractivity contribution is 0.102. The maximum atomic E-state index is 13.1. The van der Waals surface area contributed by atoms with Gasteiger partial charge in [-0.1, -0.05) is 17.7 Å². The molecule has 1 amide bonds. The number of hydrogen-bond acceptors (Lipinski definition) is 4. The van der Waals surface area contributed by atoms with Gasteiger partial charge in [-0.25, -0.2) is 9.37 Å². The van der Waals surface area contributed by atoms with Crippen molar-refractivity contribution in [3.63, 3.8) is 0 Å². The molecule has 0 radical (unpaired) electrons. The Morgan fingerprint density at radius 1 is 1.27 bits per heavy atom. The van der Waals surface area contributed by atoms with Crippen molar-refractivity contribution in [1.29, 1.82) is 0 Å². The minimum absolute atomic E-state index is 0.271. The first kappa shape index (κ1) is 14.6. The molecule has 2 aromatic heterocycles. The molecule has 0 saturated heterocycles. The first-order valence-corrected chi connectivity index (χ1v) is 7.52. The maximum absolute atomic E-state index is 13.1. The van der Waals surface area contributed by atoms with Crippen LogP contribution in [0, 0.1) is 5.82 Å². The number of rotatable bonds is 3. The Morgan fingerprint density at radius 2 is 2.14 bits per heavy atom. The summed E-state index contributed by atoms with van der Waals surface area (Å²) in [5.41, 5.74) is 1.49. The smallest absolute Gasteiger partial charge is 0.276 e. The Hall–Kier alpha value is -2.31. The summed E-state index contributed by atoms with van der Waals surface area (Å²) in [5, 5.41) is 5.10. The third kappa shape index (κ3) is 3.13. The van der Waals surface area contributed by atoms with E-state index in [1.165, 1.54) is 23.5 Å². The fourth-order valence-electron chi connectivity index (χ4n) is 1.81. The number of halogens is 2. The lowest BCUT2D eigenvalue weighted by Gasteiger charge is -2.01. The highest BCUT2D eigenvalue weighted by Crippen LogP contribution is 2.31. The molecule has 0 aliphatic heterocycles. The molecule has 0 aliphatic carbocycles. The molecular formula is C15H9ClFN3OS. The van der Waals surface area contributed by atoms with Crippen LogP contribution in [0.3, 0.4) is 0 Å². The monoisotopic (exact) mass is 333 g/mol. The normalized spacial score (nSPS) is 10.5. The quantitative estimate of drug-likeness (QED) is 0.779. The number of nitrogens with zero attached hydrogens (tertiary/aromatic N) is 2. The van der Waals surface area contributed by atoms with E-state index in [9.17, 15) is 9.18 Å². The molecule has 22 heavy (non-hydrogen) atoms. The number of nitrogens with one attached hydrogen (secondary N) is 1. The molecule has 7 heteroatoms. The SMILES string of the molecule is O=C(Nc1nc(-c2ccc(F)cc2Cl)cs1)c1ccccn1. The van der Waals surface area contributed by atoms with Gasteiger partial charge in [0, 0.05) is 17.1 Å². The fraction of sp³-hybridized carbons (Fsp3) is 0. The zero-order valence-corrected chi connectivity index (χ0v) is 12.7. The minimum Gasteiger partial charge on any atom is -0.296 e. The summed E-state index contributed by atoms with van der Waals surface area (Å²) in [5.74, 6) is -0.751. The van der Waals surface area contributed by atoms with Crippen molar-refractivity contribution in [3.8, 4) is 11.3 Å². The first-order chi connectivity index (χ1) is 10.6. The summed E-state index contributed by atoms with van der Waals surface area (Å²) in [4.78, 5) is 20.2. The summed E-state index contributed by atoms with van der Waals surface area (Å²) in [6.07, 6.45) is 1.54. The van der Waals surface area contributed by atoms with Gasteiger partial charge in [0.2, 0.25) is 0 Å². The van der Waals surface area contributed by atoms with Gasteiger partial charge in [0.15, 0.2) is 5.13 Å². The Kier molecular flexibility index (Phi) is 4.13. The molecule has 4 nitrogen and oxygen atoms in total. The van der Waals surface area contributed by atoms with E-state index < -0.39 is 5.82 Å². The molecule has 0 aliphatic rings. The predicted molar refractivity (Wildman–Crippen MR) is 84.7 cm³/mol. The van der Waals surface area contributed by atoms with Crippen molar-refractivity contribution in [2.45, 2.75) is 0 Å². The predicted octanol–water partition coefficient (Wildman–Crippen LogP) is 4.25. The van der Waals surface area contributed by atoms with E-state index in [1.807, 2.05) is 0 Å². The number of anilines is 1. The number of pyridine rings is 1. The van der Waals surface area contributed by atoms with Crippen LogP contribution < -0.4 is 5.32 Å². The standard InChI is InChI=1S/C15H9ClFN3OS/c16-11-7-9(17)4-5-10(11)13-8-22-15(19-13)20-14(21)12-3-1-2-6-18-12/h1-8H,(H,19,20,21). The van der Waals surface area contributed by atoms with E-state index in [1.54, 1.807) is 35.8 Å². The average Bonchev–Trinajstić information content (AvgIpc) is 2.96. The Bertz CT molecular complexity index is 823. The van der Waals surface area contributed by atoms with Gasteiger partial charge in [0.1, 0.15) is 11.5 Å². The zero-order valence-electron chi connectivity index (χ0n) is 11.1. The van der Waals surface area contributed by atoms with Crippen molar-refractivity contribution in [2.24, 2.45) is 0 Å². The number of carbonyl (C=O) groups is 1. The van der Waals surface area contributed by atoms with Gasteiger partial charge >= 0.3 is 0 Å². The highest BCUT2D eigenvalue weighted by Gasteiger charge is 2.12. The van der Waals surface area contributed by atoms with Gasteiger partial charge in [-0.2, -0.15) is 0 Å². The van der Waals surface area contributed by atoms with Crippen LogP contribution in [0.25, 0.3) is 11.3 Å². The average molecular weight is 334 g/mol. The molecule has 3 rings (SSSR count). The van der Waals surface area contributed by atoms with Crippen molar-refractivity contribution >= 4 is 34.0 Å². The van der Waals surface area contributed by atoms with E-state index >= 15 is 0 Å². The minimum atomic E-state index is -0.410. The van der Waals surface area contributed by atoms with E-state index in [0.29, 0.717) is 22.1 Å². The van der Waals surface area contributed by atoms with Gasteiger partial charge in [0.25, 0.3) is 5.91 Å². The summed E-state index contributed by atoms with van der Waals surface area (Å²) >= 11 is 7.26. The van der Waals surface area contributed by atoms with Crippen molar-refractivity contribution in [2.75, 3.05) is 5.32 Å². The number of aromatic nitrogens is 2. The Balaban J connectivity index is 1.81. The Labute approximate surface area is 134 Å². The van der Waals surface area contributed by atoms with Gasteiger partial charge in [-0.3, -0.25) is 15.1 Å². The maximum Gasteiger partial charge on any atom is 0.276 e. The molecular weight excluding hydrogens is 325 g/mol.